The summed E-state index contributed by atoms with van der Waals surface area (Å²) in [7, 11) is 0. The minimum Gasteiger partial charge on any atom is -0.472 e. The van der Waals surface area contributed by atoms with Crippen LogP contribution in [0.1, 0.15) is 18.1 Å². The Morgan fingerprint density at radius 3 is 2.81 bits per heavy atom. The number of benzene rings is 1. The molecule has 0 spiro atoms. The van der Waals surface area contributed by atoms with E-state index in [1.807, 2.05) is 18.2 Å². The molecule has 2 rings (SSSR count). The maximum atomic E-state index is 10.4. The Hall–Kier alpha value is -1.25. The van der Waals surface area contributed by atoms with Gasteiger partial charge in [-0.1, -0.05) is 23.7 Å². The van der Waals surface area contributed by atoms with E-state index in [-0.39, 0.29) is 0 Å². The summed E-state index contributed by atoms with van der Waals surface area (Å²) in [6, 6.07) is 9.12. The SMILES string of the molecule is CC(O)(Cc1ccoc1)c1cccc(Cl)c1. The minimum atomic E-state index is -0.936. The summed E-state index contributed by atoms with van der Waals surface area (Å²) in [5.74, 6) is 0. The van der Waals surface area contributed by atoms with E-state index in [9.17, 15) is 5.11 Å². The van der Waals surface area contributed by atoms with E-state index in [1.54, 1.807) is 31.6 Å². The van der Waals surface area contributed by atoms with Crippen molar-refractivity contribution in [2.75, 3.05) is 0 Å². The van der Waals surface area contributed by atoms with Crippen molar-refractivity contribution in [3.05, 3.63) is 59.0 Å². The molecule has 0 amide bonds. The van der Waals surface area contributed by atoms with Crippen LogP contribution in [0.15, 0.2) is 47.3 Å². The van der Waals surface area contributed by atoms with Crippen LogP contribution in [0.25, 0.3) is 0 Å². The van der Waals surface area contributed by atoms with Crippen molar-refractivity contribution in [2.45, 2.75) is 18.9 Å². The molecule has 16 heavy (non-hydrogen) atoms. The summed E-state index contributed by atoms with van der Waals surface area (Å²) >= 11 is 5.90. The fourth-order valence-corrected chi connectivity index (χ4v) is 1.91. The second-order valence-corrected chi connectivity index (χ2v) is 4.53. The van der Waals surface area contributed by atoms with Gasteiger partial charge in [-0.2, -0.15) is 0 Å². The number of furan rings is 1. The summed E-state index contributed by atoms with van der Waals surface area (Å²) in [6.07, 6.45) is 3.74. The van der Waals surface area contributed by atoms with E-state index in [0.717, 1.165) is 11.1 Å². The average Bonchev–Trinajstić information content (AvgIpc) is 2.70. The second-order valence-electron chi connectivity index (χ2n) is 4.09. The first-order valence-electron chi connectivity index (χ1n) is 5.07. The van der Waals surface area contributed by atoms with E-state index in [2.05, 4.69) is 0 Å². The van der Waals surface area contributed by atoms with Crippen molar-refractivity contribution in [2.24, 2.45) is 0 Å². The standard InChI is InChI=1S/C13H13ClO2/c1-13(15,8-10-5-6-16-9-10)11-3-2-4-12(14)7-11/h2-7,9,15H,8H2,1H3. The van der Waals surface area contributed by atoms with Crippen molar-refractivity contribution in [3.8, 4) is 0 Å². The van der Waals surface area contributed by atoms with Gasteiger partial charge < -0.3 is 9.52 Å². The van der Waals surface area contributed by atoms with Crippen molar-refractivity contribution >= 4 is 11.6 Å². The lowest BCUT2D eigenvalue weighted by Gasteiger charge is -2.23. The smallest absolute Gasteiger partial charge is 0.0935 e. The molecule has 1 N–H and O–H groups in total. The Balaban J connectivity index is 2.24. The van der Waals surface area contributed by atoms with Crippen LogP contribution in [0.4, 0.5) is 0 Å². The zero-order valence-electron chi connectivity index (χ0n) is 8.98. The van der Waals surface area contributed by atoms with Crippen LogP contribution in [-0.4, -0.2) is 5.11 Å². The molecule has 2 aromatic rings. The van der Waals surface area contributed by atoms with Crippen LogP contribution >= 0.6 is 11.6 Å². The zero-order valence-corrected chi connectivity index (χ0v) is 9.74. The quantitative estimate of drug-likeness (QED) is 0.886. The minimum absolute atomic E-state index is 0.504. The highest BCUT2D eigenvalue weighted by atomic mass is 35.5. The average molecular weight is 237 g/mol. The number of rotatable bonds is 3. The van der Waals surface area contributed by atoms with Gasteiger partial charge in [-0.05, 0) is 36.2 Å². The topological polar surface area (TPSA) is 33.4 Å². The van der Waals surface area contributed by atoms with Crippen molar-refractivity contribution in [1.82, 2.24) is 0 Å². The Bertz CT molecular complexity index is 461. The van der Waals surface area contributed by atoms with Gasteiger partial charge in [0.15, 0.2) is 0 Å². The normalized spacial score (nSPS) is 14.7. The Kier molecular flexibility index (Phi) is 3.03. The number of aliphatic hydroxyl groups is 1. The van der Waals surface area contributed by atoms with Gasteiger partial charge in [0, 0.05) is 11.4 Å². The summed E-state index contributed by atoms with van der Waals surface area (Å²) in [5, 5.41) is 11.0. The Labute approximate surface area is 99.5 Å². The molecule has 0 radical (unpaired) electrons. The second kappa shape index (κ2) is 4.32. The van der Waals surface area contributed by atoms with Gasteiger partial charge in [0.05, 0.1) is 18.1 Å². The largest absolute Gasteiger partial charge is 0.472 e. The van der Waals surface area contributed by atoms with Crippen LogP contribution in [0, 0.1) is 0 Å². The van der Waals surface area contributed by atoms with E-state index in [0.29, 0.717) is 11.4 Å². The fraction of sp³-hybridized carbons (Fsp3) is 0.231. The molecule has 1 aromatic heterocycles. The number of hydrogen-bond acceptors (Lipinski definition) is 2. The molecule has 0 aliphatic rings. The van der Waals surface area contributed by atoms with Gasteiger partial charge in [0.2, 0.25) is 0 Å². The zero-order chi connectivity index (χ0) is 11.6. The third-order valence-electron chi connectivity index (χ3n) is 2.57. The van der Waals surface area contributed by atoms with Crippen molar-refractivity contribution in [1.29, 1.82) is 0 Å². The third kappa shape index (κ3) is 2.46. The van der Waals surface area contributed by atoms with Crippen LogP contribution in [0.2, 0.25) is 5.02 Å². The Morgan fingerprint density at radius 2 is 2.19 bits per heavy atom. The van der Waals surface area contributed by atoms with Crippen LogP contribution in [0.5, 0.6) is 0 Å². The number of hydrogen-bond donors (Lipinski definition) is 1. The first-order valence-corrected chi connectivity index (χ1v) is 5.45. The summed E-state index contributed by atoms with van der Waals surface area (Å²) in [6.45, 7) is 1.77. The third-order valence-corrected chi connectivity index (χ3v) is 2.81. The van der Waals surface area contributed by atoms with Crippen molar-refractivity contribution < 1.29 is 9.52 Å². The molecule has 1 aromatic carbocycles. The highest BCUT2D eigenvalue weighted by molar-refractivity contribution is 6.30. The number of halogens is 1. The van der Waals surface area contributed by atoms with E-state index >= 15 is 0 Å². The molecule has 1 unspecified atom stereocenters. The fourth-order valence-electron chi connectivity index (χ4n) is 1.72. The van der Waals surface area contributed by atoms with E-state index in [1.165, 1.54) is 0 Å². The van der Waals surface area contributed by atoms with Gasteiger partial charge in [-0.3, -0.25) is 0 Å². The molecule has 2 nitrogen and oxygen atoms in total. The molecule has 0 fully saturated rings. The van der Waals surface area contributed by atoms with Crippen LogP contribution < -0.4 is 0 Å². The molecule has 0 aliphatic heterocycles. The van der Waals surface area contributed by atoms with Gasteiger partial charge in [-0.15, -0.1) is 0 Å². The van der Waals surface area contributed by atoms with Gasteiger partial charge in [0.1, 0.15) is 0 Å². The van der Waals surface area contributed by atoms with Crippen molar-refractivity contribution in [3.63, 3.8) is 0 Å². The predicted octanol–water partition coefficient (Wildman–Crippen LogP) is 3.38. The molecular formula is C13H13ClO2. The predicted molar refractivity (Wildman–Crippen MR) is 63.4 cm³/mol. The monoisotopic (exact) mass is 236 g/mol. The lowest BCUT2D eigenvalue weighted by Crippen LogP contribution is -2.23. The molecular weight excluding hydrogens is 224 g/mol. The summed E-state index contributed by atoms with van der Waals surface area (Å²) in [4.78, 5) is 0. The maximum absolute atomic E-state index is 10.4. The molecule has 0 aliphatic carbocycles. The summed E-state index contributed by atoms with van der Waals surface area (Å²) in [5.41, 5.74) is 0.834. The molecule has 0 saturated carbocycles. The van der Waals surface area contributed by atoms with Gasteiger partial charge >= 0.3 is 0 Å². The van der Waals surface area contributed by atoms with Gasteiger partial charge in [-0.25, -0.2) is 0 Å². The molecule has 3 heteroatoms. The van der Waals surface area contributed by atoms with Gasteiger partial charge in [0.25, 0.3) is 0 Å². The highest BCUT2D eigenvalue weighted by Crippen LogP contribution is 2.27. The van der Waals surface area contributed by atoms with E-state index < -0.39 is 5.60 Å². The molecule has 84 valence electrons. The lowest BCUT2D eigenvalue weighted by molar-refractivity contribution is 0.0575. The maximum Gasteiger partial charge on any atom is 0.0935 e. The first-order chi connectivity index (χ1) is 7.58. The first kappa shape index (κ1) is 11.2. The summed E-state index contributed by atoms with van der Waals surface area (Å²) < 4.78 is 4.98. The molecule has 0 bridgehead atoms. The lowest BCUT2D eigenvalue weighted by atomic mass is 9.90. The highest BCUT2D eigenvalue weighted by Gasteiger charge is 2.24. The molecule has 0 saturated heterocycles. The van der Waals surface area contributed by atoms with Crippen LogP contribution in [-0.2, 0) is 12.0 Å². The van der Waals surface area contributed by atoms with Crippen LogP contribution in [0.3, 0.4) is 0 Å². The van der Waals surface area contributed by atoms with E-state index in [4.69, 9.17) is 16.0 Å². The Morgan fingerprint density at radius 1 is 1.38 bits per heavy atom. The molecule has 1 atom stereocenters. The molecule has 1 heterocycles.